The third-order valence-electron chi connectivity index (χ3n) is 13.4. The molecule has 83 heavy (non-hydrogen) atoms. The average molecular weight is 1290 g/mol. The van der Waals surface area contributed by atoms with Gasteiger partial charge in [0.25, 0.3) is 0 Å². The van der Waals surface area contributed by atoms with E-state index in [0.717, 1.165) is 80.5 Å². The van der Waals surface area contributed by atoms with Gasteiger partial charge in [-0.15, -0.1) is 35.6 Å². The van der Waals surface area contributed by atoms with Gasteiger partial charge in [0.1, 0.15) is 34.9 Å². The summed E-state index contributed by atoms with van der Waals surface area (Å²) in [5, 5.41) is 12.1. The van der Waals surface area contributed by atoms with E-state index in [1.165, 1.54) is 12.1 Å². The molecule has 0 fully saturated rings. The van der Waals surface area contributed by atoms with Crippen molar-refractivity contribution in [2.45, 2.75) is 52.6 Å². The molecule has 12 rings (SSSR count). The number of nitrogens with zero attached hydrogens (tertiary/aromatic N) is 6. The number of aromatic nitrogens is 4. The number of hydrogen-bond donors (Lipinski definition) is 0. The van der Waals surface area contributed by atoms with Gasteiger partial charge >= 0.3 is 25.8 Å². The Bertz CT molecular complexity index is 3840. The van der Waals surface area contributed by atoms with Gasteiger partial charge in [-0.1, -0.05) is 159 Å². The normalized spacial score (nSPS) is 10.8. The third-order valence-corrected chi connectivity index (χ3v) is 13.4. The molecular formula is C68H54F8HfN6. The SMILES string of the molecule is CCCCn1c(-c2cccc3ccccc23)nc2c([N-]c3c(F)c(F)cc(F)c3F)cccc21.CCCCn1c(-c2cccc3ccccc23)nc2c([N-]c3c(F)c(F)cc(F)c3F)cccc21.[CH2-]c1ccccc1.[CH2-]c1ccccc1.[Hf+4]. The fourth-order valence-electron chi connectivity index (χ4n) is 9.30. The molecule has 0 spiro atoms. The van der Waals surface area contributed by atoms with E-state index in [1.807, 2.05) is 158 Å². The van der Waals surface area contributed by atoms with Crippen molar-refractivity contribution < 1.29 is 61.0 Å². The van der Waals surface area contributed by atoms with Crippen molar-refractivity contribution in [2.75, 3.05) is 0 Å². The van der Waals surface area contributed by atoms with Crippen LogP contribution in [0.1, 0.15) is 50.7 Å². The molecule has 0 bridgehead atoms. The van der Waals surface area contributed by atoms with Crippen molar-refractivity contribution >= 4 is 66.4 Å². The zero-order valence-electron chi connectivity index (χ0n) is 45.3. The molecule has 0 atom stereocenters. The summed E-state index contributed by atoms with van der Waals surface area (Å²) in [5.41, 5.74) is 4.40. The number of unbranched alkanes of at least 4 members (excludes halogenated alkanes) is 2. The zero-order valence-corrected chi connectivity index (χ0v) is 48.9. The molecule has 0 saturated heterocycles. The summed E-state index contributed by atoms with van der Waals surface area (Å²) in [4.78, 5) is 9.65. The second-order valence-corrected chi connectivity index (χ2v) is 19.1. The first-order valence-electron chi connectivity index (χ1n) is 26.6. The Hall–Kier alpha value is -8.69. The molecule has 2 heterocycles. The van der Waals surface area contributed by atoms with E-state index >= 15 is 0 Å². The van der Waals surface area contributed by atoms with Gasteiger partial charge in [0, 0.05) is 36.3 Å². The summed E-state index contributed by atoms with van der Waals surface area (Å²) in [6, 6.07) is 58.0. The van der Waals surface area contributed by atoms with Crippen molar-refractivity contribution in [1.82, 2.24) is 19.1 Å². The molecule has 0 radical (unpaired) electrons. The number of rotatable bonds is 12. The third kappa shape index (κ3) is 13.6. The van der Waals surface area contributed by atoms with Gasteiger partial charge in [-0.05, 0) is 46.5 Å². The molecule has 10 aromatic carbocycles. The van der Waals surface area contributed by atoms with Crippen LogP contribution >= 0.6 is 0 Å². The fraction of sp³-hybridized carbons (Fsp3) is 0.118. The van der Waals surface area contributed by atoms with Crippen LogP contribution in [0.2, 0.25) is 0 Å². The van der Waals surface area contributed by atoms with Crippen LogP contribution in [0.5, 0.6) is 0 Å². The molecule has 0 saturated carbocycles. The van der Waals surface area contributed by atoms with Gasteiger partial charge in [-0.2, -0.15) is 49.2 Å². The second-order valence-electron chi connectivity index (χ2n) is 19.1. The van der Waals surface area contributed by atoms with Crippen LogP contribution in [0.15, 0.2) is 194 Å². The molecule has 0 aliphatic heterocycles. The molecule has 0 aliphatic rings. The van der Waals surface area contributed by atoms with Gasteiger partial charge < -0.3 is 19.8 Å². The maximum Gasteiger partial charge on any atom is 4.00 e. The molecule has 0 N–H and O–H groups in total. The van der Waals surface area contributed by atoms with Gasteiger partial charge in [-0.3, -0.25) is 0 Å². The maximum atomic E-state index is 14.3. The molecular weight excluding hydrogens is 1230 g/mol. The van der Waals surface area contributed by atoms with E-state index in [0.29, 0.717) is 35.8 Å². The summed E-state index contributed by atoms with van der Waals surface area (Å²) < 4.78 is 116. The molecule has 0 unspecified atom stereocenters. The van der Waals surface area contributed by atoms with Gasteiger partial charge in [0.15, 0.2) is 23.3 Å². The Morgan fingerprint density at radius 3 is 1.06 bits per heavy atom. The zero-order chi connectivity index (χ0) is 57.9. The minimum atomic E-state index is -1.55. The average Bonchev–Trinajstić information content (AvgIpc) is 4.11. The van der Waals surface area contributed by atoms with Crippen molar-refractivity contribution in [3.05, 3.63) is 276 Å². The first-order valence-corrected chi connectivity index (χ1v) is 26.6. The van der Waals surface area contributed by atoms with Crippen molar-refractivity contribution in [2.24, 2.45) is 0 Å². The van der Waals surface area contributed by atoms with Gasteiger partial charge in [-0.25, -0.2) is 45.1 Å². The van der Waals surface area contributed by atoms with E-state index < -0.39 is 57.9 Å². The van der Waals surface area contributed by atoms with Crippen LogP contribution in [0, 0.1) is 60.4 Å². The van der Waals surface area contributed by atoms with Crippen LogP contribution < -0.4 is 0 Å². The Kier molecular flexibility index (Phi) is 20.3. The number of para-hydroxylation sites is 2. The number of hydrogen-bond acceptors (Lipinski definition) is 2. The second kappa shape index (κ2) is 27.9. The quantitative estimate of drug-likeness (QED) is 0.0530. The van der Waals surface area contributed by atoms with Gasteiger partial charge in [0.2, 0.25) is 0 Å². The molecule has 6 nitrogen and oxygen atoms in total. The van der Waals surface area contributed by atoms with Crippen molar-refractivity contribution in [3.63, 3.8) is 0 Å². The molecule has 0 aliphatic carbocycles. The van der Waals surface area contributed by atoms with Gasteiger partial charge in [0.05, 0.1) is 22.1 Å². The number of halogens is 8. The first-order chi connectivity index (χ1) is 39.8. The predicted octanol–water partition coefficient (Wildman–Crippen LogP) is 20.8. The van der Waals surface area contributed by atoms with Crippen molar-refractivity contribution in [1.29, 1.82) is 0 Å². The van der Waals surface area contributed by atoms with Crippen LogP contribution in [0.25, 0.3) is 77.0 Å². The molecule has 2 aromatic heterocycles. The van der Waals surface area contributed by atoms with Crippen LogP contribution in [-0.4, -0.2) is 19.1 Å². The topological polar surface area (TPSA) is 63.8 Å². The van der Waals surface area contributed by atoms with E-state index in [4.69, 9.17) is 9.97 Å². The monoisotopic (exact) mass is 1290 g/mol. The summed E-state index contributed by atoms with van der Waals surface area (Å²) in [7, 11) is 0. The molecule has 0 amide bonds. The number of benzene rings is 10. The minimum absolute atomic E-state index is 0. The number of imidazole rings is 2. The Morgan fingerprint density at radius 1 is 0.398 bits per heavy atom. The predicted molar refractivity (Wildman–Crippen MR) is 315 cm³/mol. The molecule has 15 heteroatoms. The Morgan fingerprint density at radius 2 is 0.723 bits per heavy atom. The Balaban J connectivity index is 0.000000174. The van der Waals surface area contributed by atoms with E-state index in [-0.39, 0.29) is 49.4 Å². The number of fused-ring (bicyclic) bond motifs is 4. The minimum Gasteiger partial charge on any atom is -0.651 e. The molecule has 416 valence electrons. The van der Waals surface area contributed by atoms with Crippen LogP contribution in [0.3, 0.4) is 0 Å². The van der Waals surface area contributed by atoms with Crippen LogP contribution in [0.4, 0.5) is 57.9 Å². The molecule has 12 aromatic rings. The van der Waals surface area contributed by atoms with E-state index in [9.17, 15) is 35.1 Å². The van der Waals surface area contributed by atoms with E-state index in [1.54, 1.807) is 12.1 Å². The number of aryl methyl sites for hydroxylation is 2. The summed E-state index contributed by atoms with van der Waals surface area (Å²) in [5.74, 6) is -10.8. The maximum absolute atomic E-state index is 14.3. The smallest absolute Gasteiger partial charge is 0.651 e. The first kappa shape index (κ1) is 60.4. The fourth-order valence-corrected chi connectivity index (χ4v) is 9.30. The van der Waals surface area contributed by atoms with Crippen LogP contribution in [-0.2, 0) is 38.9 Å². The van der Waals surface area contributed by atoms with E-state index in [2.05, 4.69) is 47.5 Å². The van der Waals surface area contributed by atoms with Crippen molar-refractivity contribution in [3.8, 4) is 22.8 Å². The Labute approximate surface area is 495 Å². The largest absolute Gasteiger partial charge is 4.00 e. The summed E-state index contributed by atoms with van der Waals surface area (Å²) in [6.07, 6.45) is 3.70. The standard InChI is InChI=1S/2C27H20F4N3.2C7H7.Hf/c2*1-2-3-14-34-22-13-7-12-21(32-26-23(30)19(28)15-20(29)24(26)31)25(22)33-27(34)18-11-6-9-16-8-4-5-10-17(16)18;2*1-7-5-3-2-4-6-7;/h2*4-13,15H,2-3,14H2,1H3;2*2-6H,1H2;/q4*-1;+4. The summed E-state index contributed by atoms with van der Waals surface area (Å²) in [6.45, 7) is 13.0. The summed E-state index contributed by atoms with van der Waals surface area (Å²) >= 11 is 0.